The predicted molar refractivity (Wildman–Crippen MR) is 121 cm³/mol. The third kappa shape index (κ3) is 4.57. The molecule has 1 aliphatic heterocycles. The molecule has 1 aromatic carbocycles. The standard InChI is InChI=1S/C24H30N2O2S/c1-3-4-15-28-24(27)25-21-16-19-10-9-17-7-5-6-8-20(17)22(23(19)29-21)18-11-13-26(2)14-12-18/h5-8,16H,3-4,9-15H2,1-2H3,(H,25,27). The first-order chi connectivity index (χ1) is 14.2. The van der Waals surface area contributed by atoms with Gasteiger partial charge in [0, 0.05) is 18.0 Å². The first kappa shape index (κ1) is 20.2. The SMILES string of the molecule is CCCCOC(=O)Nc1cc2c(s1)C(=C1CCN(C)CC1)c1ccccc1CC2. The van der Waals surface area contributed by atoms with Crippen LogP contribution in [0.25, 0.3) is 5.57 Å². The molecule has 4 nitrogen and oxygen atoms in total. The molecule has 1 N–H and O–H groups in total. The highest BCUT2D eigenvalue weighted by atomic mass is 32.1. The lowest BCUT2D eigenvalue weighted by atomic mass is 9.90. The Kier molecular flexibility index (Phi) is 6.36. The van der Waals surface area contributed by atoms with Crippen LogP contribution in [0.5, 0.6) is 0 Å². The lowest BCUT2D eigenvalue weighted by molar-refractivity contribution is 0.160. The van der Waals surface area contributed by atoms with E-state index in [0.29, 0.717) is 6.61 Å². The molecule has 2 heterocycles. The van der Waals surface area contributed by atoms with E-state index in [4.69, 9.17) is 4.74 Å². The number of rotatable bonds is 4. The van der Waals surface area contributed by atoms with Crippen molar-refractivity contribution in [2.45, 2.75) is 45.4 Å². The monoisotopic (exact) mass is 410 g/mol. The van der Waals surface area contributed by atoms with E-state index in [9.17, 15) is 4.79 Å². The predicted octanol–water partition coefficient (Wildman–Crippen LogP) is 5.72. The molecular formula is C24H30N2O2S. The van der Waals surface area contributed by atoms with Crippen molar-refractivity contribution in [3.05, 3.63) is 57.5 Å². The fourth-order valence-corrected chi connectivity index (χ4v) is 5.40. The topological polar surface area (TPSA) is 41.6 Å². The average Bonchev–Trinajstić information content (AvgIpc) is 3.04. The number of amides is 1. The van der Waals surface area contributed by atoms with Gasteiger partial charge in [0.25, 0.3) is 0 Å². The van der Waals surface area contributed by atoms with Crippen molar-refractivity contribution in [1.82, 2.24) is 4.90 Å². The van der Waals surface area contributed by atoms with Crippen molar-refractivity contribution < 1.29 is 9.53 Å². The maximum Gasteiger partial charge on any atom is 0.412 e. The second kappa shape index (κ2) is 9.14. The second-order valence-electron chi connectivity index (χ2n) is 8.02. The van der Waals surface area contributed by atoms with Crippen molar-refractivity contribution in [1.29, 1.82) is 0 Å². The van der Waals surface area contributed by atoms with Crippen LogP contribution in [0.15, 0.2) is 35.9 Å². The lowest BCUT2D eigenvalue weighted by Crippen LogP contribution is -2.26. The highest BCUT2D eigenvalue weighted by molar-refractivity contribution is 7.17. The van der Waals surface area contributed by atoms with Crippen LogP contribution < -0.4 is 5.32 Å². The number of likely N-dealkylation sites (tertiary alicyclic amines) is 1. The minimum atomic E-state index is -0.344. The summed E-state index contributed by atoms with van der Waals surface area (Å²) in [7, 11) is 2.20. The number of carbonyl (C=O) groups excluding carboxylic acids is 1. The third-order valence-electron chi connectivity index (χ3n) is 5.89. The summed E-state index contributed by atoms with van der Waals surface area (Å²) in [6.45, 7) is 4.78. The molecule has 29 heavy (non-hydrogen) atoms. The molecule has 0 unspecified atom stereocenters. The minimum absolute atomic E-state index is 0.344. The number of unbranched alkanes of at least 4 members (excludes halogenated alkanes) is 1. The number of hydrogen-bond donors (Lipinski definition) is 1. The Balaban J connectivity index is 1.67. The van der Waals surface area contributed by atoms with Gasteiger partial charge in [-0.25, -0.2) is 4.79 Å². The Morgan fingerprint density at radius 2 is 1.90 bits per heavy atom. The van der Waals surface area contributed by atoms with Gasteiger partial charge in [0.05, 0.1) is 11.6 Å². The van der Waals surface area contributed by atoms with Crippen molar-refractivity contribution in [2.75, 3.05) is 32.1 Å². The molecular weight excluding hydrogens is 380 g/mol. The largest absolute Gasteiger partial charge is 0.449 e. The summed E-state index contributed by atoms with van der Waals surface area (Å²) in [4.78, 5) is 15.9. The van der Waals surface area contributed by atoms with Crippen molar-refractivity contribution in [3.8, 4) is 0 Å². The van der Waals surface area contributed by atoms with E-state index in [2.05, 4.69) is 54.5 Å². The van der Waals surface area contributed by atoms with Gasteiger partial charge in [0.2, 0.25) is 0 Å². The van der Waals surface area contributed by atoms with Crippen LogP contribution in [0, 0.1) is 0 Å². The van der Waals surface area contributed by atoms with E-state index in [0.717, 1.165) is 56.6 Å². The number of nitrogens with one attached hydrogen (secondary N) is 1. The van der Waals surface area contributed by atoms with E-state index >= 15 is 0 Å². The molecule has 1 aliphatic carbocycles. The zero-order valence-corrected chi connectivity index (χ0v) is 18.2. The zero-order valence-electron chi connectivity index (χ0n) is 17.4. The Morgan fingerprint density at radius 1 is 1.14 bits per heavy atom. The number of anilines is 1. The summed E-state index contributed by atoms with van der Waals surface area (Å²) in [5.74, 6) is 0. The number of fused-ring (bicyclic) bond motifs is 2. The summed E-state index contributed by atoms with van der Waals surface area (Å²) in [6, 6.07) is 11.0. The van der Waals surface area contributed by atoms with Gasteiger partial charge in [-0.05, 0) is 67.5 Å². The first-order valence-electron chi connectivity index (χ1n) is 10.7. The Hall–Kier alpha value is -2.11. The Bertz CT molecular complexity index is 905. The molecule has 4 rings (SSSR count). The van der Waals surface area contributed by atoms with Gasteiger partial charge in [0.15, 0.2) is 0 Å². The quantitative estimate of drug-likeness (QED) is 0.655. The summed E-state index contributed by atoms with van der Waals surface area (Å²) < 4.78 is 5.29. The summed E-state index contributed by atoms with van der Waals surface area (Å²) in [6.07, 6.45) is 5.84. The molecule has 1 amide bonds. The summed E-state index contributed by atoms with van der Waals surface area (Å²) >= 11 is 1.70. The number of hydrogen-bond acceptors (Lipinski definition) is 4. The van der Waals surface area contributed by atoms with E-state index in [1.54, 1.807) is 16.9 Å². The van der Waals surface area contributed by atoms with Crippen LogP contribution in [-0.4, -0.2) is 37.7 Å². The number of carbonyl (C=O) groups is 1. The lowest BCUT2D eigenvalue weighted by Gasteiger charge is -2.27. The van der Waals surface area contributed by atoms with Gasteiger partial charge in [-0.1, -0.05) is 43.2 Å². The van der Waals surface area contributed by atoms with Crippen LogP contribution in [0.3, 0.4) is 0 Å². The van der Waals surface area contributed by atoms with E-state index in [1.807, 2.05) is 0 Å². The fourth-order valence-electron chi connectivity index (χ4n) is 4.20. The summed E-state index contributed by atoms with van der Waals surface area (Å²) in [5, 5.41) is 3.85. The number of ether oxygens (including phenoxy) is 1. The molecule has 5 heteroatoms. The van der Waals surface area contributed by atoms with Crippen LogP contribution in [0.4, 0.5) is 9.80 Å². The maximum absolute atomic E-state index is 12.1. The molecule has 1 aromatic heterocycles. The van der Waals surface area contributed by atoms with E-state index < -0.39 is 0 Å². The molecule has 2 aliphatic rings. The molecule has 0 spiro atoms. The molecule has 0 radical (unpaired) electrons. The van der Waals surface area contributed by atoms with Crippen LogP contribution in [0.1, 0.15) is 54.2 Å². The number of benzene rings is 1. The minimum Gasteiger partial charge on any atom is -0.449 e. The number of thiophene rings is 1. The smallest absolute Gasteiger partial charge is 0.412 e. The van der Waals surface area contributed by atoms with Crippen molar-refractivity contribution in [3.63, 3.8) is 0 Å². The molecule has 154 valence electrons. The molecule has 0 bridgehead atoms. The van der Waals surface area contributed by atoms with Gasteiger partial charge in [-0.3, -0.25) is 5.32 Å². The summed E-state index contributed by atoms with van der Waals surface area (Å²) in [5.41, 5.74) is 7.13. The highest BCUT2D eigenvalue weighted by Gasteiger charge is 2.25. The van der Waals surface area contributed by atoms with Crippen molar-refractivity contribution in [2.24, 2.45) is 0 Å². The van der Waals surface area contributed by atoms with Gasteiger partial charge in [-0.15, -0.1) is 11.3 Å². The first-order valence-corrected chi connectivity index (χ1v) is 11.5. The van der Waals surface area contributed by atoms with Crippen LogP contribution >= 0.6 is 11.3 Å². The second-order valence-corrected chi connectivity index (χ2v) is 9.07. The number of nitrogens with zero attached hydrogens (tertiary/aromatic N) is 1. The van der Waals surface area contributed by atoms with E-state index in [1.165, 1.54) is 27.1 Å². The highest BCUT2D eigenvalue weighted by Crippen LogP contribution is 2.43. The van der Waals surface area contributed by atoms with Crippen LogP contribution in [-0.2, 0) is 17.6 Å². The molecule has 0 saturated carbocycles. The molecule has 1 saturated heterocycles. The molecule has 2 aromatic rings. The number of aryl methyl sites for hydroxylation is 2. The normalized spacial score (nSPS) is 16.8. The Morgan fingerprint density at radius 3 is 2.69 bits per heavy atom. The fraction of sp³-hybridized carbons (Fsp3) is 0.458. The molecule has 0 atom stereocenters. The Labute approximate surface area is 177 Å². The zero-order chi connectivity index (χ0) is 20.2. The third-order valence-corrected chi connectivity index (χ3v) is 7.00. The van der Waals surface area contributed by atoms with E-state index in [-0.39, 0.29) is 6.09 Å². The van der Waals surface area contributed by atoms with Gasteiger partial charge in [-0.2, -0.15) is 0 Å². The average molecular weight is 411 g/mol. The van der Waals surface area contributed by atoms with Gasteiger partial charge < -0.3 is 9.64 Å². The van der Waals surface area contributed by atoms with Crippen molar-refractivity contribution >= 4 is 28.0 Å². The molecule has 1 fully saturated rings. The van der Waals surface area contributed by atoms with Crippen LogP contribution in [0.2, 0.25) is 0 Å². The number of piperidine rings is 1. The van der Waals surface area contributed by atoms with Gasteiger partial charge >= 0.3 is 6.09 Å². The van der Waals surface area contributed by atoms with Gasteiger partial charge in [0.1, 0.15) is 0 Å². The maximum atomic E-state index is 12.1.